The van der Waals surface area contributed by atoms with E-state index in [0.29, 0.717) is 18.4 Å². The van der Waals surface area contributed by atoms with Gasteiger partial charge in [-0.2, -0.15) is 0 Å². The van der Waals surface area contributed by atoms with Gasteiger partial charge in [-0.3, -0.25) is 0 Å². The summed E-state index contributed by atoms with van der Waals surface area (Å²) in [6.45, 7) is 1.44. The van der Waals surface area contributed by atoms with Crippen molar-refractivity contribution >= 4 is 11.6 Å². The Hall–Kier alpha value is -1.67. The van der Waals surface area contributed by atoms with Crippen molar-refractivity contribution in [2.24, 2.45) is 0 Å². The molecule has 1 unspecified atom stereocenters. The van der Waals surface area contributed by atoms with Gasteiger partial charge >= 0.3 is 0 Å². The Morgan fingerprint density at radius 1 is 1.10 bits per heavy atom. The molecule has 3 heteroatoms. The van der Waals surface area contributed by atoms with Crippen LogP contribution in [0.15, 0.2) is 48.5 Å². The molecule has 1 heterocycles. The van der Waals surface area contributed by atoms with E-state index in [9.17, 15) is 0 Å². The molecule has 2 nitrogen and oxygen atoms in total. The van der Waals surface area contributed by atoms with Gasteiger partial charge in [0, 0.05) is 17.4 Å². The predicted octanol–water partition coefficient (Wildman–Crippen LogP) is 4.37. The molecule has 104 valence electrons. The molecule has 0 spiro atoms. The Bertz CT molecular complexity index is 565. The number of hydrogen-bond acceptors (Lipinski definition) is 2. The number of fused-ring (bicyclic) bond motifs is 1. The lowest BCUT2D eigenvalue weighted by atomic mass is 9.94. The zero-order chi connectivity index (χ0) is 13.8. The Kier molecular flexibility index (Phi) is 4.12. The van der Waals surface area contributed by atoms with Gasteiger partial charge < -0.3 is 9.47 Å². The molecule has 1 aliphatic heterocycles. The van der Waals surface area contributed by atoms with Crippen LogP contribution in [0.2, 0.25) is 0 Å². The topological polar surface area (TPSA) is 18.5 Å². The first-order valence-corrected chi connectivity index (χ1v) is 7.39. The van der Waals surface area contributed by atoms with Crippen molar-refractivity contribution in [1.29, 1.82) is 0 Å². The van der Waals surface area contributed by atoms with Crippen molar-refractivity contribution in [3.8, 4) is 11.5 Å². The van der Waals surface area contributed by atoms with Crippen molar-refractivity contribution in [3.63, 3.8) is 0 Å². The lowest BCUT2D eigenvalue weighted by Gasteiger charge is -2.25. The van der Waals surface area contributed by atoms with E-state index in [2.05, 4.69) is 12.1 Å². The second kappa shape index (κ2) is 6.19. The number of benzene rings is 2. The molecule has 20 heavy (non-hydrogen) atoms. The summed E-state index contributed by atoms with van der Waals surface area (Å²) < 4.78 is 11.6. The Morgan fingerprint density at radius 3 is 2.70 bits per heavy atom. The van der Waals surface area contributed by atoms with Crippen molar-refractivity contribution in [1.82, 2.24) is 0 Å². The number of hydrogen-bond donors (Lipinski definition) is 0. The fourth-order valence-corrected chi connectivity index (χ4v) is 2.64. The Balaban J connectivity index is 1.66. The molecule has 2 aromatic carbocycles. The summed E-state index contributed by atoms with van der Waals surface area (Å²) in [5.74, 6) is 2.81. The van der Waals surface area contributed by atoms with Gasteiger partial charge in [-0.25, -0.2) is 0 Å². The van der Waals surface area contributed by atoms with Crippen molar-refractivity contribution in [2.75, 3.05) is 13.2 Å². The van der Waals surface area contributed by atoms with Gasteiger partial charge in [-0.15, -0.1) is 11.6 Å². The van der Waals surface area contributed by atoms with E-state index in [1.54, 1.807) is 0 Å². The first-order chi connectivity index (χ1) is 9.86. The summed E-state index contributed by atoms with van der Waals surface area (Å²) in [6, 6.07) is 16.2. The van der Waals surface area contributed by atoms with E-state index in [-0.39, 0.29) is 0 Å². The van der Waals surface area contributed by atoms with E-state index in [1.807, 2.05) is 36.4 Å². The van der Waals surface area contributed by atoms with Crippen molar-refractivity contribution in [3.05, 3.63) is 59.7 Å². The molecule has 0 N–H and O–H groups in total. The summed E-state index contributed by atoms with van der Waals surface area (Å²) in [5, 5.41) is 0. The standard InChI is InChI=1S/C17H17ClO2/c18-11-13-5-7-15(8-6-13)20-12-14-9-10-19-17-4-2-1-3-16(14)17/h1-8,14H,9-12H2. The zero-order valence-electron chi connectivity index (χ0n) is 11.2. The highest BCUT2D eigenvalue weighted by Crippen LogP contribution is 2.33. The van der Waals surface area contributed by atoms with Crippen molar-refractivity contribution in [2.45, 2.75) is 18.2 Å². The molecule has 0 radical (unpaired) electrons. The first-order valence-electron chi connectivity index (χ1n) is 6.86. The Labute approximate surface area is 124 Å². The van der Waals surface area contributed by atoms with Crippen molar-refractivity contribution < 1.29 is 9.47 Å². The van der Waals surface area contributed by atoms with Crippen LogP contribution >= 0.6 is 11.6 Å². The lowest BCUT2D eigenvalue weighted by molar-refractivity contribution is 0.217. The van der Waals surface area contributed by atoms with Crippen LogP contribution in [-0.2, 0) is 5.88 Å². The van der Waals surface area contributed by atoms with Crippen LogP contribution in [0.1, 0.15) is 23.5 Å². The van der Waals surface area contributed by atoms with Gasteiger partial charge in [-0.05, 0) is 30.2 Å². The predicted molar refractivity (Wildman–Crippen MR) is 80.8 cm³/mol. The van der Waals surface area contributed by atoms with E-state index < -0.39 is 0 Å². The van der Waals surface area contributed by atoms with Crippen LogP contribution in [-0.4, -0.2) is 13.2 Å². The summed E-state index contributed by atoms with van der Waals surface area (Å²) in [4.78, 5) is 0. The van der Waals surface area contributed by atoms with Gasteiger partial charge in [0.15, 0.2) is 0 Å². The third-order valence-corrected chi connectivity index (χ3v) is 3.92. The molecule has 0 bridgehead atoms. The normalized spacial score (nSPS) is 17.1. The molecule has 3 rings (SSSR count). The fourth-order valence-electron chi connectivity index (χ4n) is 2.46. The highest BCUT2D eigenvalue weighted by Gasteiger charge is 2.21. The minimum atomic E-state index is 0.396. The maximum Gasteiger partial charge on any atom is 0.122 e. The number of para-hydroxylation sites is 1. The number of ether oxygens (including phenoxy) is 2. The van der Waals surface area contributed by atoms with Gasteiger partial charge in [-0.1, -0.05) is 30.3 Å². The summed E-state index contributed by atoms with van der Waals surface area (Å²) >= 11 is 5.78. The van der Waals surface area contributed by atoms with Crippen LogP contribution in [0.25, 0.3) is 0 Å². The summed E-state index contributed by atoms with van der Waals surface area (Å²) in [5.41, 5.74) is 2.35. The van der Waals surface area contributed by atoms with Gasteiger partial charge in [0.05, 0.1) is 13.2 Å². The summed E-state index contributed by atoms with van der Waals surface area (Å²) in [6.07, 6.45) is 0.997. The second-order valence-electron chi connectivity index (χ2n) is 4.96. The summed E-state index contributed by atoms with van der Waals surface area (Å²) in [7, 11) is 0. The average Bonchev–Trinajstić information content (AvgIpc) is 2.53. The SMILES string of the molecule is ClCc1ccc(OCC2CCOc3ccccc32)cc1. The first kappa shape index (κ1) is 13.3. The molecule has 0 aromatic heterocycles. The maximum absolute atomic E-state index is 5.90. The molecule has 2 aromatic rings. The largest absolute Gasteiger partial charge is 0.493 e. The molecular formula is C17H17ClO2. The van der Waals surface area contributed by atoms with Crippen LogP contribution in [0, 0.1) is 0 Å². The maximum atomic E-state index is 5.90. The average molecular weight is 289 g/mol. The monoisotopic (exact) mass is 288 g/mol. The van der Waals surface area contributed by atoms with Crippen LogP contribution in [0.3, 0.4) is 0 Å². The van der Waals surface area contributed by atoms with Gasteiger partial charge in [0.2, 0.25) is 0 Å². The highest BCUT2D eigenvalue weighted by molar-refractivity contribution is 6.17. The molecular weight excluding hydrogens is 272 g/mol. The number of rotatable bonds is 4. The third kappa shape index (κ3) is 2.91. The number of alkyl halides is 1. The Morgan fingerprint density at radius 2 is 1.90 bits per heavy atom. The van der Waals surface area contributed by atoms with E-state index >= 15 is 0 Å². The molecule has 0 saturated heterocycles. The zero-order valence-corrected chi connectivity index (χ0v) is 12.0. The number of halogens is 1. The third-order valence-electron chi connectivity index (χ3n) is 3.61. The molecule has 0 fully saturated rings. The van der Waals surface area contributed by atoms with E-state index in [4.69, 9.17) is 21.1 Å². The van der Waals surface area contributed by atoms with Crippen LogP contribution in [0.5, 0.6) is 11.5 Å². The minimum absolute atomic E-state index is 0.396. The van der Waals surface area contributed by atoms with E-state index in [0.717, 1.165) is 30.1 Å². The smallest absolute Gasteiger partial charge is 0.122 e. The fraction of sp³-hybridized carbons (Fsp3) is 0.294. The molecule has 0 aliphatic carbocycles. The minimum Gasteiger partial charge on any atom is -0.493 e. The molecule has 0 amide bonds. The van der Waals surface area contributed by atoms with Gasteiger partial charge in [0.1, 0.15) is 11.5 Å². The molecule has 1 atom stereocenters. The second-order valence-corrected chi connectivity index (χ2v) is 5.23. The molecule has 1 aliphatic rings. The molecule has 0 saturated carbocycles. The van der Waals surface area contributed by atoms with Crippen LogP contribution < -0.4 is 9.47 Å². The quantitative estimate of drug-likeness (QED) is 0.778. The van der Waals surface area contributed by atoms with E-state index in [1.165, 1.54) is 5.56 Å². The lowest BCUT2D eigenvalue weighted by Crippen LogP contribution is -2.19. The van der Waals surface area contributed by atoms with Gasteiger partial charge in [0.25, 0.3) is 0 Å². The highest BCUT2D eigenvalue weighted by atomic mass is 35.5. The van der Waals surface area contributed by atoms with Crippen LogP contribution in [0.4, 0.5) is 0 Å².